The quantitative estimate of drug-likeness (QED) is 0.841. The van der Waals surface area contributed by atoms with Crippen LogP contribution in [0.2, 0.25) is 0 Å². The number of nitrogens with zero attached hydrogens (tertiary/aromatic N) is 1. The van der Waals surface area contributed by atoms with E-state index < -0.39 is 12.0 Å². The highest BCUT2D eigenvalue weighted by atomic mass is 16.5. The van der Waals surface area contributed by atoms with Crippen LogP contribution in [-0.4, -0.2) is 48.8 Å². The number of rotatable bonds is 7. The first kappa shape index (κ1) is 17.0. The van der Waals surface area contributed by atoms with E-state index in [1.54, 1.807) is 0 Å². The van der Waals surface area contributed by atoms with Crippen LogP contribution in [-0.2, 0) is 9.53 Å². The van der Waals surface area contributed by atoms with Crippen LogP contribution in [0.15, 0.2) is 30.3 Å². The molecule has 4 heteroatoms. The molecule has 1 N–H and O–H groups in total. The van der Waals surface area contributed by atoms with Crippen molar-refractivity contribution in [1.29, 1.82) is 0 Å². The first-order chi connectivity index (χ1) is 10.6. The molecule has 1 heterocycles. The Bertz CT molecular complexity index is 457. The monoisotopic (exact) mass is 305 g/mol. The molecule has 0 aromatic heterocycles. The van der Waals surface area contributed by atoms with Crippen molar-refractivity contribution in [3.05, 3.63) is 35.9 Å². The Labute approximate surface area is 133 Å². The second-order valence-corrected chi connectivity index (χ2v) is 6.31. The largest absolute Gasteiger partial charge is 0.480 e. The number of likely N-dealkylation sites (N-methyl/N-ethyl adjacent to an activating group) is 1. The Balaban J connectivity index is 1.90. The summed E-state index contributed by atoms with van der Waals surface area (Å²) in [5.41, 5.74) is 1.31. The Morgan fingerprint density at radius 3 is 2.55 bits per heavy atom. The van der Waals surface area contributed by atoms with Crippen LogP contribution < -0.4 is 0 Å². The molecule has 0 saturated carbocycles. The topological polar surface area (TPSA) is 49.8 Å². The van der Waals surface area contributed by atoms with Gasteiger partial charge in [0.05, 0.1) is 0 Å². The lowest BCUT2D eigenvalue weighted by atomic mass is 9.90. The highest BCUT2D eigenvalue weighted by molar-refractivity contribution is 5.73. The van der Waals surface area contributed by atoms with Crippen LogP contribution in [0.25, 0.3) is 0 Å². The lowest BCUT2D eigenvalue weighted by Crippen LogP contribution is -2.46. The molecule has 1 aromatic carbocycles. The van der Waals surface area contributed by atoms with Crippen molar-refractivity contribution in [1.82, 2.24) is 4.90 Å². The van der Waals surface area contributed by atoms with Crippen molar-refractivity contribution >= 4 is 5.97 Å². The number of benzene rings is 1. The third kappa shape index (κ3) is 4.55. The van der Waals surface area contributed by atoms with E-state index in [9.17, 15) is 9.90 Å². The van der Waals surface area contributed by atoms with Gasteiger partial charge in [-0.3, -0.25) is 9.69 Å². The average Bonchev–Trinajstić information content (AvgIpc) is 2.54. The molecule has 0 spiro atoms. The highest BCUT2D eigenvalue weighted by Crippen LogP contribution is 2.24. The van der Waals surface area contributed by atoms with E-state index in [1.807, 2.05) is 18.0 Å². The fraction of sp³-hybridized carbons (Fsp3) is 0.611. The van der Waals surface area contributed by atoms with E-state index in [0.717, 1.165) is 25.8 Å². The van der Waals surface area contributed by atoms with Gasteiger partial charge in [0.1, 0.15) is 6.04 Å². The molecule has 1 aliphatic heterocycles. The fourth-order valence-electron chi connectivity index (χ4n) is 3.27. The standard InChI is InChI=1S/C18H27NO3/c1-14(15-6-4-3-5-7-15)8-11-19(2)17(18(20)21)16-9-12-22-13-10-16/h3-7,14,16-17H,8-13H2,1-2H3,(H,20,21). The van der Waals surface area contributed by atoms with E-state index in [1.165, 1.54) is 5.56 Å². The molecule has 1 aromatic rings. The third-order valence-corrected chi connectivity index (χ3v) is 4.72. The second-order valence-electron chi connectivity index (χ2n) is 6.31. The van der Waals surface area contributed by atoms with Gasteiger partial charge in [-0.2, -0.15) is 0 Å². The van der Waals surface area contributed by atoms with Crippen LogP contribution in [0.3, 0.4) is 0 Å². The van der Waals surface area contributed by atoms with Crippen LogP contribution in [0, 0.1) is 5.92 Å². The number of hydrogen-bond donors (Lipinski definition) is 1. The zero-order valence-corrected chi connectivity index (χ0v) is 13.6. The molecule has 1 fully saturated rings. The van der Waals surface area contributed by atoms with E-state index in [0.29, 0.717) is 19.1 Å². The maximum atomic E-state index is 11.7. The van der Waals surface area contributed by atoms with Gasteiger partial charge in [-0.15, -0.1) is 0 Å². The van der Waals surface area contributed by atoms with Crippen LogP contribution in [0.4, 0.5) is 0 Å². The average molecular weight is 305 g/mol. The summed E-state index contributed by atoms with van der Waals surface area (Å²) in [5, 5.41) is 9.60. The van der Waals surface area contributed by atoms with Gasteiger partial charge < -0.3 is 9.84 Å². The number of carboxylic acid groups (broad SMARTS) is 1. The number of ether oxygens (including phenoxy) is 1. The summed E-state index contributed by atoms with van der Waals surface area (Å²) >= 11 is 0. The number of hydrogen-bond acceptors (Lipinski definition) is 3. The van der Waals surface area contributed by atoms with Crippen molar-refractivity contribution < 1.29 is 14.6 Å². The van der Waals surface area contributed by atoms with E-state index in [4.69, 9.17) is 4.74 Å². The van der Waals surface area contributed by atoms with Gasteiger partial charge >= 0.3 is 5.97 Å². The smallest absolute Gasteiger partial charge is 0.321 e. The van der Waals surface area contributed by atoms with E-state index >= 15 is 0 Å². The SMILES string of the molecule is CC(CCN(C)C(C(=O)O)C1CCOCC1)c1ccccc1. The number of carbonyl (C=O) groups is 1. The van der Waals surface area contributed by atoms with Gasteiger partial charge in [-0.25, -0.2) is 0 Å². The molecular formula is C18H27NO3. The van der Waals surface area contributed by atoms with Crippen LogP contribution >= 0.6 is 0 Å². The molecule has 4 nitrogen and oxygen atoms in total. The summed E-state index contributed by atoms with van der Waals surface area (Å²) in [4.78, 5) is 13.7. The first-order valence-corrected chi connectivity index (χ1v) is 8.15. The lowest BCUT2D eigenvalue weighted by Gasteiger charge is -2.34. The maximum absolute atomic E-state index is 11.7. The summed E-state index contributed by atoms with van der Waals surface area (Å²) in [5.74, 6) is -0.0715. The molecule has 0 radical (unpaired) electrons. The van der Waals surface area contributed by atoms with Gasteiger partial charge in [-0.1, -0.05) is 37.3 Å². The number of carboxylic acids is 1. The summed E-state index contributed by atoms with van der Waals surface area (Å²) in [7, 11) is 1.94. The normalized spacial score (nSPS) is 19.0. The maximum Gasteiger partial charge on any atom is 0.321 e. The molecule has 2 rings (SSSR count). The predicted octanol–water partition coefficient (Wildman–Crippen LogP) is 2.99. The molecular weight excluding hydrogens is 278 g/mol. The Kier molecular flexibility index (Phi) is 6.40. The minimum Gasteiger partial charge on any atom is -0.480 e. The number of aliphatic carboxylic acids is 1. The van der Waals surface area contributed by atoms with Crippen molar-refractivity contribution in [2.24, 2.45) is 5.92 Å². The van der Waals surface area contributed by atoms with Crippen molar-refractivity contribution in [3.8, 4) is 0 Å². The summed E-state index contributed by atoms with van der Waals surface area (Å²) in [6.45, 7) is 4.36. The van der Waals surface area contributed by atoms with E-state index in [2.05, 4.69) is 31.2 Å². The third-order valence-electron chi connectivity index (χ3n) is 4.72. The zero-order valence-electron chi connectivity index (χ0n) is 13.6. The summed E-state index contributed by atoms with van der Waals surface area (Å²) in [6.07, 6.45) is 2.65. The summed E-state index contributed by atoms with van der Waals surface area (Å²) in [6, 6.07) is 10.0. The van der Waals surface area contributed by atoms with Gasteiger partial charge in [-0.05, 0) is 50.3 Å². The molecule has 1 aliphatic rings. The van der Waals surface area contributed by atoms with Gasteiger partial charge in [0.25, 0.3) is 0 Å². The molecule has 122 valence electrons. The van der Waals surface area contributed by atoms with Gasteiger partial charge in [0, 0.05) is 13.2 Å². The molecule has 0 bridgehead atoms. The van der Waals surface area contributed by atoms with Crippen molar-refractivity contribution in [3.63, 3.8) is 0 Å². The van der Waals surface area contributed by atoms with Crippen molar-refractivity contribution in [2.75, 3.05) is 26.8 Å². The highest BCUT2D eigenvalue weighted by Gasteiger charge is 2.32. The molecule has 0 amide bonds. The fourth-order valence-corrected chi connectivity index (χ4v) is 3.27. The van der Waals surface area contributed by atoms with Crippen molar-refractivity contribution in [2.45, 2.75) is 38.1 Å². The minimum absolute atomic E-state index is 0.197. The Morgan fingerprint density at radius 2 is 1.95 bits per heavy atom. The van der Waals surface area contributed by atoms with Gasteiger partial charge in [0.2, 0.25) is 0 Å². The Hall–Kier alpha value is -1.39. The predicted molar refractivity (Wildman–Crippen MR) is 87.1 cm³/mol. The molecule has 22 heavy (non-hydrogen) atoms. The molecule has 0 aliphatic carbocycles. The first-order valence-electron chi connectivity index (χ1n) is 8.15. The van der Waals surface area contributed by atoms with Gasteiger partial charge in [0.15, 0.2) is 0 Å². The van der Waals surface area contributed by atoms with E-state index in [-0.39, 0.29) is 5.92 Å². The molecule has 1 saturated heterocycles. The molecule has 2 unspecified atom stereocenters. The second kappa shape index (κ2) is 8.30. The van der Waals surface area contributed by atoms with Crippen LogP contribution in [0.1, 0.15) is 37.7 Å². The lowest BCUT2D eigenvalue weighted by molar-refractivity contribution is -0.146. The zero-order chi connectivity index (χ0) is 15.9. The minimum atomic E-state index is -0.707. The molecule has 2 atom stereocenters. The van der Waals surface area contributed by atoms with Crippen LogP contribution in [0.5, 0.6) is 0 Å². The summed E-state index contributed by atoms with van der Waals surface area (Å²) < 4.78 is 5.35. The Morgan fingerprint density at radius 1 is 1.32 bits per heavy atom.